The molecule has 0 aromatic carbocycles. The summed E-state index contributed by atoms with van der Waals surface area (Å²) in [5, 5.41) is 0. The van der Waals surface area contributed by atoms with Gasteiger partial charge in [-0.15, -0.1) is 0 Å². The van der Waals surface area contributed by atoms with Crippen molar-refractivity contribution in [2.75, 3.05) is 33.4 Å². The van der Waals surface area contributed by atoms with Crippen molar-refractivity contribution in [1.82, 2.24) is 4.90 Å². The Bertz CT molecular complexity index is 224. The van der Waals surface area contributed by atoms with Crippen molar-refractivity contribution in [3.63, 3.8) is 0 Å². The summed E-state index contributed by atoms with van der Waals surface area (Å²) in [4.78, 5) is 13.6. The Hall–Kier alpha value is -0.610. The SMILES string of the molecule is CC(CC(=O)N(C)CCOCCN)C(C)(C)C. The highest BCUT2D eigenvalue weighted by Gasteiger charge is 2.23. The average Bonchev–Trinajstić information content (AvgIpc) is 2.22. The van der Waals surface area contributed by atoms with Gasteiger partial charge in [-0.2, -0.15) is 0 Å². The van der Waals surface area contributed by atoms with E-state index in [1.165, 1.54) is 0 Å². The maximum Gasteiger partial charge on any atom is 0.222 e. The van der Waals surface area contributed by atoms with E-state index >= 15 is 0 Å². The van der Waals surface area contributed by atoms with Crippen molar-refractivity contribution >= 4 is 5.91 Å². The number of carbonyl (C=O) groups excluding carboxylic acids is 1. The van der Waals surface area contributed by atoms with Crippen LogP contribution in [0, 0.1) is 11.3 Å². The van der Waals surface area contributed by atoms with Crippen molar-refractivity contribution in [3.05, 3.63) is 0 Å². The molecule has 0 aliphatic carbocycles. The molecule has 1 atom stereocenters. The van der Waals surface area contributed by atoms with Crippen LogP contribution in [0.25, 0.3) is 0 Å². The minimum atomic E-state index is 0.173. The van der Waals surface area contributed by atoms with E-state index in [2.05, 4.69) is 27.7 Å². The summed E-state index contributed by atoms with van der Waals surface area (Å²) >= 11 is 0. The normalized spacial score (nSPS) is 13.5. The summed E-state index contributed by atoms with van der Waals surface area (Å²) in [7, 11) is 1.82. The smallest absolute Gasteiger partial charge is 0.222 e. The molecule has 4 nitrogen and oxygen atoms in total. The molecule has 0 saturated carbocycles. The van der Waals surface area contributed by atoms with E-state index in [0.717, 1.165) is 0 Å². The molecule has 17 heavy (non-hydrogen) atoms. The molecule has 2 N–H and O–H groups in total. The topological polar surface area (TPSA) is 55.6 Å². The quantitative estimate of drug-likeness (QED) is 0.690. The zero-order chi connectivity index (χ0) is 13.5. The summed E-state index contributed by atoms with van der Waals surface area (Å²) in [5.41, 5.74) is 5.49. The first-order chi connectivity index (χ1) is 7.79. The molecule has 1 unspecified atom stereocenters. The number of carbonyl (C=O) groups is 1. The minimum Gasteiger partial charge on any atom is -0.378 e. The van der Waals surface area contributed by atoms with E-state index in [0.29, 0.717) is 38.6 Å². The first-order valence-electron chi connectivity index (χ1n) is 6.30. The Morgan fingerprint density at radius 3 is 2.41 bits per heavy atom. The number of nitrogens with zero attached hydrogens (tertiary/aromatic N) is 1. The number of ether oxygens (including phenoxy) is 1. The Balaban J connectivity index is 3.89. The summed E-state index contributed by atoms with van der Waals surface area (Å²) < 4.78 is 5.26. The molecule has 0 heterocycles. The molecule has 102 valence electrons. The van der Waals surface area contributed by atoms with Crippen LogP contribution in [0.1, 0.15) is 34.1 Å². The van der Waals surface area contributed by atoms with E-state index in [9.17, 15) is 4.79 Å². The lowest BCUT2D eigenvalue weighted by Gasteiger charge is -2.28. The number of amides is 1. The number of rotatable bonds is 7. The number of hydrogen-bond donors (Lipinski definition) is 1. The van der Waals surface area contributed by atoms with Crippen LogP contribution in [-0.2, 0) is 9.53 Å². The molecule has 4 heteroatoms. The van der Waals surface area contributed by atoms with Crippen LogP contribution in [-0.4, -0.2) is 44.2 Å². The zero-order valence-electron chi connectivity index (χ0n) is 12.0. The fourth-order valence-corrected chi connectivity index (χ4v) is 1.24. The predicted molar refractivity (Wildman–Crippen MR) is 70.7 cm³/mol. The van der Waals surface area contributed by atoms with Gasteiger partial charge in [0, 0.05) is 26.6 Å². The van der Waals surface area contributed by atoms with E-state index in [4.69, 9.17) is 10.5 Å². The lowest BCUT2D eigenvalue weighted by Crippen LogP contribution is -2.33. The largest absolute Gasteiger partial charge is 0.378 e. The van der Waals surface area contributed by atoms with Gasteiger partial charge >= 0.3 is 0 Å². The van der Waals surface area contributed by atoms with E-state index in [1.807, 2.05) is 7.05 Å². The molecule has 0 aliphatic rings. The summed E-state index contributed by atoms with van der Waals surface area (Å²) in [6.07, 6.45) is 0.594. The fraction of sp³-hybridized carbons (Fsp3) is 0.923. The van der Waals surface area contributed by atoms with E-state index in [-0.39, 0.29) is 11.3 Å². The summed E-state index contributed by atoms with van der Waals surface area (Å²) in [6.45, 7) is 10.9. The van der Waals surface area contributed by atoms with Gasteiger partial charge in [0.2, 0.25) is 5.91 Å². The van der Waals surface area contributed by atoms with Crippen molar-refractivity contribution in [2.24, 2.45) is 17.1 Å². The second-order valence-corrected chi connectivity index (χ2v) is 5.69. The van der Waals surface area contributed by atoms with Crippen LogP contribution < -0.4 is 5.73 Å². The predicted octanol–water partition coefficient (Wildman–Crippen LogP) is 1.49. The molecule has 0 bridgehead atoms. The molecule has 0 saturated heterocycles. The maximum atomic E-state index is 11.9. The number of likely N-dealkylation sites (N-methyl/N-ethyl adjacent to an activating group) is 1. The third-order valence-electron chi connectivity index (χ3n) is 3.22. The molecule has 0 rings (SSSR count). The van der Waals surface area contributed by atoms with Gasteiger partial charge in [0.25, 0.3) is 0 Å². The van der Waals surface area contributed by atoms with Gasteiger partial charge in [-0.25, -0.2) is 0 Å². The highest BCUT2D eigenvalue weighted by atomic mass is 16.5. The van der Waals surface area contributed by atoms with Gasteiger partial charge < -0.3 is 15.4 Å². The molecular weight excluding hydrogens is 216 g/mol. The zero-order valence-corrected chi connectivity index (χ0v) is 12.0. The van der Waals surface area contributed by atoms with Crippen LogP contribution in [0.4, 0.5) is 0 Å². The van der Waals surface area contributed by atoms with E-state index in [1.54, 1.807) is 4.90 Å². The molecule has 0 fully saturated rings. The van der Waals surface area contributed by atoms with Crippen LogP contribution in [0.3, 0.4) is 0 Å². The van der Waals surface area contributed by atoms with Crippen LogP contribution in [0.5, 0.6) is 0 Å². The van der Waals surface area contributed by atoms with Gasteiger partial charge in [0.1, 0.15) is 0 Å². The number of nitrogens with two attached hydrogens (primary N) is 1. The van der Waals surface area contributed by atoms with Crippen LogP contribution in [0.2, 0.25) is 0 Å². The highest BCUT2D eigenvalue weighted by Crippen LogP contribution is 2.28. The lowest BCUT2D eigenvalue weighted by molar-refractivity contribution is -0.132. The standard InChI is InChI=1S/C13H28N2O2/c1-11(13(2,3)4)10-12(16)15(5)7-9-17-8-6-14/h11H,6-10,14H2,1-5H3. The molecule has 0 aliphatic heterocycles. The third kappa shape index (κ3) is 7.34. The van der Waals surface area contributed by atoms with Crippen LogP contribution >= 0.6 is 0 Å². The van der Waals surface area contributed by atoms with E-state index < -0.39 is 0 Å². The van der Waals surface area contributed by atoms with Crippen molar-refractivity contribution in [3.8, 4) is 0 Å². The van der Waals surface area contributed by atoms with Gasteiger partial charge in [0.05, 0.1) is 13.2 Å². The first kappa shape index (κ1) is 16.4. The minimum absolute atomic E-state index is 0.173. The van der Waals surface area contributed by atoms with Gasteiger partial charge in [0.15, 0.2) is 0 Å². The maximum absolute atomic E-state index is 11.9. The Labute approximate surface area is 105 Å². The Morgan fingerprint density at radius 1 is 1.35 bits per heavy atom. The van der Waals surface area contributed by atoms with Crippen molar-refractivity contribution in [1.29, 1.82) is 0 Å². The summed E-state index contributed by atoms with van der Waals surface area (Å²) in [6, 6.07) is 0. The molecule has 0 spiro atoms. The van der Waals surface area contributed by atoms with Crippen molar-refractivity contribution < 1.29 is 9.53 Å². The second-order valence-electron chi connectivity index (χ2n) is 5.69. The van der Waals surface area contributed by atoms with Gasteiger partial charge in [-0.05, 0) is 11.3 Å². The lowest BCUT2D eigenvalue weighted by atomic mass is 9.80. The first-order valence-corrected chi connectivity index (χ1v) is 6.30. The highest BCUT2D eigenvalue weighted by molar-refractivity contribution is 5.76. The van der Waals surface area contributed by atoms with Gasteiger partial charge in [-0.3, -0.25) is 4.79 Å². The fourth-order valence-electron chi connectivity index (χ4n) is 1.24. The Kier molecular flexibility index (Phi) is 7.39. The van der Waals surface area contributed by atoms with Crippen molar-refractivity contribution in [2.45, 2.75) is 34.1 Å². The monoisotopic (exact) mass is 244 g/mol. The Morgan fingerprint density at radius 2 is 1.94 bits per heavy atom. The van der Waals surface area contributed by atoms with Crippen LogP contribution in [0.15, 0.2) is 0 Å². The molecule has 0 radical (unpaired) electrons. The molecule has 0 aromatic heterocycles. The summed E-state index contributed by atoms with van der Waals surface area (Å²) in [5.74, 6) is 0.561. The second kappa shape index (κ2) is 7.67. The number of hydrogen-bond acceptors (Lipinski definition) is 3. The average molecular weight is 244 g/mol. The molecule has 1 amide bonds. The molecular formula is C13H28N2O2. The third-order valence-corrected chi connectivity index (χ3v) is 3.22. The van der Waals surface area contributed by atoms with Gasteiger partial charge in [-0.1, -0.05) is 27.7 Å². The molecule has 0 aromatic rings.